The number of carbonyl (C=O) groups is 1. The van der Waals surface area contributed by atoms with Crippen LogP contribution in [-0.4, -0.2) is 30.6 Å². The Kier molecular flexibility index (Phi) is 7.13. The van der Waals surface area contributed by atoms with Crippen LogP contribution in [0.1, 0.15) is 12.5 Å². The zero-order chi connectivity index (χ0) is 18.2. The van der Waals surface area contributed by atoms with Crippen molar-refractivity contribution in [3.63, 3.8) is 0 Å². The molecule has 0 aromatic heterocycles. The third-order valence-corrected chi connectivity index (χ3v) is 4.70. The quantitative estimate of drug-likeness (QED) is 0.711. The van der Waals surface area contributed by atoms with E-state index >= 15 is 0 Å². The van der Waals surface area contributed by atoms with Gasteiger partial charge in [0, 0.05) is 11.4 Å². The number of hydrogen-bond acceptors (Lipinski definition) is 4. The van der Waals surface area contributed by atoms with E-state index in [0.717, 1.165) is 11.5 Å². The first-order valence-electron chi connectivity index (χ1n) is 7.95. The first kappa shape index (κ1) is 19.1. The molecule has 2 aromatic carbocycles. The Labute approximate surface area is 151 Å². The minimum absolute atomic E-state index is 0.155. The van der Waals surface area contributed by atoms with Gasteiger partial charge in [-0.15, -0.1) is 11.8 Å². The number of carbonyl (C=O) groups excluding carboxylic acids is 1. The summed E-state index contributed by atoms with van der Waals surface area (Å²) in [6.45, 7) is 3.99. The third-order valence-electron chi connectivity index (χ3n) is 3.59. The van der Waals surface area contributed by atoms with Crippen LogP contribution in [0, 0.1) is 12.7 Å². The molecular weight excluding hydrogens is 341 g/mol. The van der Waals surface area contributed by atoms with Gasteiger partial charge in [0.25, 0.3) is 0 Å². The lowest BCUT2D eigenvalue weighted by Crippen LogP contribution is -2.23. The van der Waals surface area contributed by atoms with Crippen LogP contribution in [-0.2, 0) is 4.79 Å². The molecular formula is C19H22FNO3S. The van der Waals surface area contributed by atoms with Gasteiger partial charge in [0.1, 0.15) is 17.3 Å². The second-order valence-electron chi connectivity index (χ2n) is 5.49. The predicted molar refractivity (Wildman–Crippen MR) is 100 cm³/mol. The summed E-state index contributed by atoms with van der Waals surface area (Å²) >= 11 is 1.48. The second-order valence-corrected chi connectivity index (χ2v) is 6.94. The van der Waals surface area contributed by atoms with Crippen LogP contribution in [0.25, 0.3) is 0 Å². The van der Waals surface area contributed by atoms with Gasteiger partial charge in [-0.2, -0.15) is 0 Å². The number of aryl methyl sites for hydroxylation is 1. The molecule has 0 spiro atoms. The first-order valence-corrected chi connectivity index (χ1v) is 9.00. The van der Waals surface area contributed by atoms with Gasteiger partial charge in [0.2, 0.25) is 5.91 Å². The fourth-order valence-corrected chi connectivity index (χ4v) is 2.79. The summed E-state index contributed by atoms with van der Waals surface area (Å²) in [7, 11) is 1.62. The van der Waals surface area contributed by atoms with Crippen molar-refractivity contribution < 1.29 is 18.7 Å². The summed E-state index contributed by atoms with van der Waals surface area (Å²) in [6.07, 6.45) is 0. The number of hydrogen-bond donors (Lipinski definition) is 1. The van der Waals surface area contributed by atoms with Crippen molar-refractivity contribution in [3.8, 4) is 11.5 Å². The van der Waals surface area contributed by atoms with E-state index in [1.807, 2.05) is 31.2 Å². The Balaban J connectivity index is 1.72. The zero-order valence-corrected chi connectivity index (χ0v) is 15.4. The molecule has 0 heterocycles. The molecule has 0 aliphatic carbocycles. The topological polar surface area (TPSA) is 47.6 Å². The second kappa shape index (κ2) is 9.32. The molecule has 134 valence electrons. The number of rotatable bonds is 8. The molecule has 1 N–H and O–H groups in total. The highest BCUT2D eigenvalue weighted by Gasteiger charge is 2.14. The smallest absolute Gasteiger partial charge is 0.237 e. The summed E-state index contributed by atoms with van der Waals surface area (Å²) in [5.74, 6) is 1.72. The van der Waals surface area contributed by atoms with Crippen LogP contribution in [0.3, 0.4) is 0 Å². The summed E-state index contributed by atoms with van der Waals surface area (Å²) < 4.78 is 24.2. The summed E-state index contributed by atoms with van der Waals surface area (Å²) in [4.78, 5) is 12.1. The SMILES string of the molecule is COc1ccc(OCCSC(C)C(=O)Nc2ccc(C)c(F)c2)cc1. The van der Waals surface area contributed by atoms with E-state index in [0.29, 0.717) is 23.6 Å². The third kappa shape index (κ3) is 5.98. The molecule has 4 nitrogen and oxygen atoms in total. The van der Waals surface area contributed by atoms with Gasteiger partial charge in [-0.05, 0) is 55.8 Å². The highest BCUT2D eigenvalue weighted by atomic mass is 32.2. The summed E-state index contributed by atoms with van der Waals surface area (Å²) in [6, 6.07) is 12.0. The standard InChI is InChI=1S/C19H22FNO3S/c1-13-4-5-15(12-18(13)20)21-19(22)14(2)25-11-10-24-17-8-6-16(23-3)7-9-17/h4-9,12,14H,10-11H2,1-3H3,(H,21,22). The highest BCUT2D eigenvalue weighted by Crippen LogP contribution is 2.19. The maximum atomic E-state index is 13.5. The fraction of sp³-hybridized carbons (Fsp3) is 0.316. The van der Waals surface area contributed by atoms with Gasteiger partial charge in [-0.1, -0.05) is 6.07 Å². The van der Waals surface area contributed by atoms with E-state index in [-0.39, 0.29) is 17.0 Å². The van der Waals surface area contributed by atoms with Gasteiger partial charge in [0.05, 0.1) is 19.0 Å². The monoisotopic (exact) mass is 363 g/mol. The van der Waals surface area contributed by atoms with Crippen LogP contribution in [0.5, 0.6) is 11.5 Å². The maximum Gasteiger partial charge on any atom is 0.237 e. The van der Waals surface area contributed by atoms with Crippen molar-refractivity contribution >= 4 is 23.4 Å². The van der Waals surface area contributed by atoms with Crippen molar-refractivity contribution in [2.75, 3.05) is 24.8 Å². The Morgan fingerprint density at radius 1 is 1.20 bits per heavy atom. The molecule has 25 heavy (non-hydrogen) atoms. The lowest BCUT2D eigenvalue weighted by Gasteiger charge is -2.13. The van der Waals surface area contributed by atoms with Crippen molar-refractivity contribution in [2.45, 2.75) is 19.1 Å². The number of thioether (sulfide) groups is 1. The molecule has 6 heteroatoms. The molecule has 0 saturated heterocycles. The van der Waals surface area contributed by atoms with E-state index in [1.165, 1.54) is 17.8 Å². The lowest BCUT2D eigenvalue weighted by molar-refractivity contribution is -0.115. The van der Waals surface area contributed by atoms with Crippen LogP contribution < -0.4 is 14.8 Å². The van der Waals surface area contributed by atoms with Gasteiger partial charge in [0.15, 0.2) is 0 Å². The molecule has 0 radical (unpaired) electrons. The molecule has 2 rings (SSSR count). The molecule has 1 atom stereocenters. The minimum Gasteiger partial charge on any atom is -0.497 e. The molecule has 1 amide bonds. The van der Waals surface area contributed by atoms with Gasteiger partial charge >= 0.3 is 0 Å². The average Bonchev–Trinajstić information content (AvgIpc) is 2.62. The molecule has 0 aliphatic heterocycles. The Hall–Kier alpha value is -2.21. The minimum atomic E-state index is -0.328. The Morgan fingerprint density at radius 3 is 2.52 bits per heavy atom. The van der Waals surface area contributed by atoms with E-state index in [4.69, 9.17) is 9.47 Å². The predicted octanol–water partition coefficient (Wildman–Crippen LogP) is 4.28. The van der Waals surface area contributed by atoms with Crippen molar-refractivity contribution in [3.05, 3.63) is 53.8 Å². The van der Waals surface area contributed by atoms with Crippen LogP contribution >= 0.6 is 11.8 Å². The number of nitrogens with one attached hydrogen (secondary N) is 1. The number of amides is 1. The molecule has 0 saturated carbocycles. The fourth-order valence-electron chi connectivity index (χ4n) is 2.05. The van der Waals surface area contributed by atoms with Crippen LogP contribution in [0.2, 0.25) is 0 Å². The number of benzene rings is 2. The normalized spacial score (nSPS) is 11.7. The lowest BCUT2D eigenvalue weighted by atomic mass is 10.2. The van der Waals surface area contributed by atoms with Gasteiger partial charge in [-0.3, -0.25) is 4.79 Å². The zero-order valence-electron chi connectivity index (χ0n) is 14.5. The molecule has 0 aliphatic rings. The molecule has 0 bridgehead atoms. The molecule has 1 unspecified atom stereocenters. The molecule has 2 aromatic rings. The number of halogens is 1. The number of ether oxygens (including phenoxy) is 2. The van der Waals surface area contributed by atoms with Crippen molar-refractivity contribution in [1.82, 2.24) is 0 Å². The van der Waals surface area contributed by atoms with Crippen molar-refractivity contribution in [2.24, 2.45) is 0 Å². The Bertz CT molecular complexity index is 706. The number of anilines is 1. The van der Waals surface area contributed by atoms with Gasteiger partial charge < -0.3 is 14.8 Å². The first-order chi connectivity index (χ1) is 12.0. The van der Waals surface area contributed by atoms with Gasteiger partial charge in [-0.25, -0.2) is 4.39 Å². The largest absolute Gasteiger partial charge is 0.497 e. The summed E-state index contributed by atoms with van der Waals surface area (Å²) in [5.41, 5.74) is 1.02. The Morgan fingerprint density at radius 2 is 1.88 bits per heavy atom. The van der Waals surface area contributed by atoms with Crippen molar-refractivity contribution in [1.29, 1.82) is 0 Å². The summed E-state index contributed by atoms with van der Waals surface area (Å²) in [5, 5.41) is 2.47. The van der Waals surface area contributed by atoms with E-state index in [1.54, 1.807) is 26.2 Å². The van der Waals surface area contributed by atoms with E-state index < -0.39 is 0 Å². The highest BCUT2D eigenvalue weighted by molar-refractivity contribution is 8.00. The van der Waals surface area contributed by atoms with Crippen LogP contribution in [0.15, 0.2) is 42.5 Å². The van der Waals surface area contributed by atoms with E-state index in [2.05, 4.69) is 5.32 Å². The maximum absolute atomic E-state index is 13.5. The molecule has 0 fully saturated rings. The number of methoxy groups -OCH3 is 1. The van der Waals surface area contributed by atoms with E-state index in [9.17, 15) is 9.18 Å². The average molecular weight is 363 g/mol. The van der Waals surface area contributed by atoms with Crippen LogP contribution in [0.4, 0.5) is 10.1 Å².